The molecule has 1 amide bonds. The Morgan fingerprint density at radius 2 is 2.15 bits per heavy atom. The quantitative estimate of drug-likeness (QED) is 0.886. The molecular formula is C13H11ClFNO3S. The lowest BCUT2D eigenvalue weighted by Gasteiger charge is -2.10. The van der Waals surface area contributed by atoms with E-state index in [9.17, 15) is 14.0 Å². The summed E-state index contributed by atoms with van der Waals surface area (Å²) in [6.45, 7) is 1.50. The van der Waals surface area contributed by atoms with Crippen LogP contribution < -0.4 is 5.32 Å². The number of amides is 1. The van der Waals surface area contributed by atoms with Crippen LogP contribution in [0.5, 0.6) is 0 Å². The largest absolute Gasteiger partial charge is 0.467 e. The lowest BCUT2D eigenvalue weighted by Crippen LogP contribution is -2.38. The SMILES string of the molecule is COC(=O)C(C)NC(=O)c1sc2cc(F)ccc2c1Cl. The van der Waals surface area contributed by atoms with Crippen molar-refractivity contribution in [2.75, 3.05) is 7.11 Å². The van der Waals surface area contributed by atoms with E-state index in [-0.39, 0.29) is 9.90 Å². The van der Waals surface area contributed by atoms with E-state index in [1.165, 1.54) is 32.2 Å². The Balaban J connectivity index is 2.31. The highest BCUT2D eigenvalue weighted by molar-refractivity contribution is 7.21. The molecule has 7 heteroatoms. The molecule has 0 aliphatic rings. The first-order valence-electron chi connectivity index (χ1n) is 5.70. The van der Waals surface area contributed by atoms with Crippen molar-refractivity contribution in [3.8, 4) is 0 Å². The zero-order valence-corrected chi connectivity index (χ0v) is 12.3. The molecule has 1 unspecified atom stereocenters. The van der Waals surface area contributed by atoms with Crippen LogP contribution in [-0.2, 0) is 9.53 Å². The van der Waals surface area contributed by atoms with E-state index in [1.807, 2.05) is 0 Å². The van der Waals surface area contributed by atoms with Gasteiger partial charge in [0.15, 0.2) is 0 Å². The Morgan fingerprint density at radius 3 is 2.80 bits per heavy atom. The average molecular weight is 316 g/mol. The van der Waals surface area contributed by atoms with Gasteiger partial charge in [-0.25, -0.2) is 9.18 Å². The number of esters is 1. The summed E-state index contributed by atoms with van der Waals surface area (Å²) in [5.74, 6) is -1.44. The van der Waals surface area contributed by atoms with Crippen LogP contribution in [-0.4, -0.2) is 25.0 Å². The van der Waals surface area contributed by atoms with Gasteiger partial charge in [0, 0.05) is 10.1 Å². The van der Waals surface area contributed by atoms with Gasteiger partial charge in [0.05, 0.1) is 12.1 Å². The molecule has 1 aromatic heterocycles. The molecule has 0 radical (unpaired) electrons. The number of halogens is 2. The number of methoxy groups -OCH3 is 1. The average Bonchev–Trinajstić information content (AvgIpc) is 2.74. The Bertz CT molecular complexity index is 686. The van der Waals surface area contributed by atoms with Crippen molar-refractivity contribution in [1.29, 1.82) is 0 Å². The molecule has 1 heterocycles. The monoisotopic (exact) mass is 315 g/mol. The van der Waals surface area contributed by atoms with Gasteiger partial charge >= 0.3 is 5.97 Å². The Kier molecular flexibility index (Phi) is 4.25. The second-order valence-electron chi connectivity index (χ2n) is 4.10. The van der Waals surface area contributed by atoms with Crippen LogP contribution in [0.4, 0.5) is 4.39 Å². The second-order valence-corrected chi connectivity index (χ2v) is 5.53. The topological polar surface area (TPSA) is 55.4 Å². The minimum atomic E-state index is -0.787. The maximum Gasteiger partial charge on any atom is 0.328 e. The van der Waals surface area contributed by atoms with Gasteiger partial charge in [0.1, 0.15) is 16.7 Å². The number of benzene rings is 1. The summed E-state index contributed by atoms with van der Waals surface area (Å²) in [6, 6.07) is 3.32. The predicted octanol–water partition coefficient (Wildman–Crippen LogP) is 2.99. The smallest absolute Gasteiger partial charge is 0.328 e. The van der Waals surface area contributed by atoms with E-state index in [0.717, 1.165) is 11.3 Å². The van der Waals surface area contributed by atoms with Crippen LogP contribution >= 0.6 is 22.9 Å². The van der Waals surface area contributed by atoms with E-state index in [0.29, 0.717) is 10.1 Å². The molecule has 0 fully saturated rings. The molecule has 2 rings (SSSR count). The number of hydrogen-bond donors (Lipinski definition) is 1. The van der Waals surface area contributed by atoms with E-state index in [4.69, 9.17) is 11.6 Å². The number of carbonyl (C=O) groups is 2. The van der Waals surface area contributed by atoms with Crippen molar-refractivity contribution >= 4 is 44.9 Å². The van der Waals surface area contributed by atoms with E-state index in [1.54, 1.807) is 0 Å². The van der Waals surface area contributed by atoms with Gasteiger partial charge in [0.25, 0.3) is 5.91 Å². The molecule has 0 bridgehead atoms. The van der Waals surface area contributed by atoms with Crippen molar-refractivity contribution in [2.24, 2.45) is 0 Å². The molecule has 0 spiro atoms. The standard InChI is InChI=1S/C13H11ClFNO3S/c1-6(13(18)19-2)16-12(17)11-10(14)8-4-3-7(15)5-9(8)20-11/h3-6H,1-2H3,(H,16,17). The Morgan fingerprint density at radius 1 is 1.45 bits per heavy atom. The molecule has 2 aromatic rings. The van der Waals surface area contributed by atoms with Gasteiger partial charge in [-0.2, -0.15) is 0 Å². The molecule has 0 saturated heterocycles. The number of thiophene rings is 1. The molecular weight excluding hydrogens is 305 g/mol. The van der Waals surface area contributed by atoms with Gasteiger partial charge < -0.3 is 10.1 Å². The highest BCUT2D eigenvalue weighted by Crippen LogP contribution is 2.35. The van der Waals surface area contributed by atoms with Crippen LogP contribution in [0, 0.1) is 5.82 Å². The highest BCUT2D eigenvalue weighted by Gasteiger charge is 2.21. The second kappa shape index (κ2) is 5.76. The molecule has 1 aromatic carbocycles. The lowest BCUT2D eigenvalue weighted by atomic mass is 10.2. The number of rotatable bonds is 3. The van der Waals surface area contributed by atoms with Gasteiger partial charge in [0.2, 0.25) is 0 Å². The third-order valence-corrected chi connectivity index (χ3v) is 4.36. The number of fused-ring (bicyclic) bond motifs is 1. The zero-order chi connectivity index (χ0) is 14.9. The van der Waals surface area contributed by atoms with Crippen LogP contribution in [0.15, 0.2) is 18.2 Å². The van der Waals surface area contributed by atoms with Crippen molar-refractivity contribution in [3.63, 3.8) is 0 Å². The van der Waals surface area contributed by atoms with Crippen molar-refractivity contribution in [3.05, 3.63) is 33.9 Å². The fourth-order valence-corrected chi connectivity index (χ4v) is 3.13. The summed E-state index contributed by atoms with van der Waals surface area (Å²) in [5, 5.41) is 3.34. The number of carbonyl (C=O) groups excluding carboxylic acids is 2. The normalized spacial score (nSPS) is 12.2. The first-order valence-corrected chi connectivity index (χ1v) is 6.89. The summed E-state index contributed by atoms with van der Waals surface area (Å²) >= 11 is 7.18. The minimum Gasteiger partial charge on any atom is -0.467 e. The van der Waals surface area contributed by atoms with E-state index < -0.39 is 23.7 Å². The minimum absolute atomic E-state index is 0.239. The van der Waals surface area contributed by atoms with Crippen molar-refractivity contribution in [2.45, 2.75) is 13.0 Å². The molecule has 4 nitrogen and oxygen atoms in total. The molecule has 1 atom stereocenters. The van der Waals surface area contributed by atoms with Crippen LogP contribution in [0.25, 0.3) is 10.1 Å². The maximum absolute atomic E-state index is 13.1. The maximum atomic E-state index is 13.1. The fourth-order valence-electron chi connectivity index (χ4n) is 1.68. The van der Waals surface area contributed by atoms with Gasteiger partial charge in [-0.05, 0) is 25.1 Å². The molecule has 0 saturated carbocycles. The van der Waals surface area contributed by atoms with E-state index >= 15 is 0 Å². The number of nitrogens with one attached hydrogen (secondary N) is 1. The first-order chi connectivity index (χ1) is 9.43. The fraction of sp³-hybridized carbons (Fsp3) is 0.231. The van der Waals surface area contributed by atoms with Gasteiger partial charge in [-0.1, -0.05) is 11.6 Å². The number of ether oxygens (including phenoxy) is 1. The van der Waals surface area contributed by atoms with E-state index in [2.05, 4.69) is 10.1 Å². The molecule has 0 aliphatic carbocycles. The zero-order valence-electron chi connectivity index (χ0n) is 10.7. The van der Waals surface area contributed by atoms with Crippen LogP contribution in [0.1, 0.15) is 16.6 Å². The summed E-state index contributed by atoms with van der Waals surface area (Å²) in [7, 11) is 1.24. The molecule has 20 heavy (non-hydrogen) atoms. The Labute approximate surface area is 123 Å². The van der Waals surface area contributed by atoms with Crippen LogP contribution in [0.3, 0.4) is 0 Å². The third kappa shape index (κ3) is 2.76. The molecule has 1 N–H and O–H groups in total. The van der Waals surface area contributed by atoms with Crippen molar-refractivity contribution in [1.82, 2.24) is 5.32 Å². The van der Waals surface area contributed by atoms with Gasteiger partial charge in [-0.3, -0.25) is 4.79 Å². The lowest BCUT2D eigenvalue weighted by molar-refractivity contribution is -0.142. The number of hydrogen-bond acceptors (Lipinski definition) is 4. The van der Waals surface area contributed by atoms with Crippen LogP contribution in [0.2, 0.25) is 5.02 Å². The molecule has 0 aliphatic heterocycles. The predicted molar refractivity (Wildman–Crippen MR) is 75.7 cm³/mol. The summed E-state index contributed by atoms with van der Waals surface area (Å²) in [5.41, 5.74) is 0. The highest BCUT2D eigenvalue weighted by atomic mass is 35.5. The summed E-state index contributed by atoms with van der Waals surface area (Å²) in [4.78, 5) is 23.6. The summed E-state index contributed by atoms with van der Waals surface area (Å²) < 4.78 is 18.2. The third-order valence-electron chi connectivity index (χ3n) is 2.70. The molecule has 106 valence electrons. The van der Waals surface area contributed by atoms with Gasteiger partial charge in [-0.15, -0.1) is 11.3 Å². The Hall–Kier alpha value is -1.66. The first kappa shape index (κ1) is 14.7. The van der Waals surface area contributed by atoms with Crippen molar-refractivity contribution < 1.29 is 18.7 Å². The summed E-state index contributed by atoms with van der Waals surface area (Å²) in [6.07, 6.45) is 0.